The second-order valence-electron chi connectivity index (χ2n) is 9.36. The second kappa shape index (κ2) is 53.9. The van der Waals surface area contributed by atoms with E-state index in [0.29, 0.717) is 4.75 Å². The molecule has 0 aliphatic carbocycles. The van der Waals surface area contributed by atoms with Crippen LogP contribution in [0.4, 0.5) is 0 Å². The Balaban J connectivity index is -0.0000000504. The number of carboxylic acids is 1. The molecular formula is C34H80N2O3S6. The van der Waals surface area contributed by atoms with Crippen molar-refractivity contribution in [3.63, 3.8) is 0 Å². The van der Waals surface area contributed by atoms with Gasteiger partial charge in [-0.3, -0.25) is 4.79 Å². The van der Waals surface area contributed by atoms with E-state index in [4.69, 9.17) is 5.11 Å². The van der Waals surface area contributed by atoms with Gasteiger partial charge < -0.3 is 5.11 Å². The normalized spacial score (nSPS) is 10.0. The number of carbonyl (C=O) groups excluding carboxylic acids is 1. The molecule has 0 aliphatic heterocycles. The molecule has 0 heterocycles. The number of amides is 1. The Morgan fingerprint density at radius 3 is 1.58 bits per heavy atom. The maximum atomic E-state index is 10.1. The third kappa shape index (κ3) is 86.4. The smallest absolute Gasteiger partial charge is 0.328 e. The molecule has 0 aromatic rings. The molecule has 1 atom stereocenters. The van der Waals surface area contributed by atoms with Gasteiger partial charge in [-0.15, -0.1) is 0 Å². The second-order valence-corrected chi connectivity index (χ2v) is 18.6. The van der Waals surface area contributed by atoms with E-state index in [1.807, 2.05) is 92.5 Å². The van der Waals surface area contributed by atoms with E-state index in [-0.39, 0.29) is 35.6 Å². The van der Waals surface area contributed by atoms with E-state index in [1.165, 1.54) is 55.3 Å². The molecule has 0 rings (SSSR count). The summed E-state index contributed by atoms with van der Waals surface area (Å²) in [6.07, 6.45) is 6.99. The Hall–Kier alpha value is 0.450. The number of hydrogen-bond acceptors (Lipinski definition) is 9. The van der Waals surface area contributed by atoms with Crippen molar-refractivity contribution in [2.45, 2.75) is 169 Å². The highest BCUT2D eigenvalue weighted by Crippen LogP contribution is 2.37. The number of allylic oxidation sites excluding steroid dienone is 1. The van der Waals surface area contributed by atoms with Crippen LogP contribution in [0.25, 0.3) is 0 Å². The number of nitrogens with zero attached hydrogens (tertiary/aromatic N) is 1. The Morgan fingerprint density at radius 1 is 0.800 bits per heavy atom. The van der Waals surface area contributed by atoms with Crippen LogP contribution in [0.3, 0.4) is 0 Å². The van der Waals surface area contributed by atoms with Gasteiger partial charge in [0.1, 0.15) is 0 Å². The summed E-state index contributed by atoms with van der Waals surface area (Å²) in [6.45, 7) is 29.0. The summed E-state index contributed by atoms with van der Waals surface area (Å²) in [4.78, 5) is 20.1. The van der Waals surface area contributed by atoms with Crippen molar-refractivity contribution in [3.8, 4) is 0 Å². The zero-order valence-electron chi connectivity index (χ0n) is 28.7. The Kier molecular flexibility index (Phi) is 81.0. The molecule has 0 aromatic carbocycles. The van der Waals surface area contributed by atoms with Crippen molar-refractivity contribution in [2.24, 2.45) is 5.10 Å². The van der Waals surface area contributed by atoms with E-state index in [2.05, 4.69) is 72.8 Å². The predicted octanol–water partition coefficient (Wildman–Crippen LogP) is 14.4. The summed E-state index contributed by atoms with van der Waals surface area (Å²) in [5.41, 5.74) is 4.08. The lowest BCUT2D eigenvalue weighted by Gasteiger charge is -2.19. The molecule has 2 N–H and O–H groups in total. The van der Waals surface area contributed by atoms with Gasteiger partial charge in [0.05, 0.1) is 0 Å². The van der Waals surface area contributed by atoms with E-state index in [0.717, 1.165) is 29.4 Å². The highest BCUT2D eigenvalue weighted by Gasteiger charge is 2.14. The van der Waals surface area contributed by atoms with Crippen LogP contribution in [0.2, 0.25) is 0 Å². The van der Waals surface area contributed by atoms with Gasteiger partial charge in [-0.1, -0.05) is 162 Å². The standard InChI is InChI=1S/C7H12O2.C7H16S2.C6H14S2.C5H10N2O.C5H12S2.4CH4/c1-3-4-6(2)5-7(8)9;1-5-7(3,4)9-8-6-2;1-4-6(3)8-7-5-2;1-4(2)6-7-5(3)8;1-3-5-7-6-4-2;;;;/h5H,3-4H2,1-2H3,(H,8,9);5-6H2,1-4H3;6H,4-5H2,1-3H3;1-3H3,(H,7,8);3-5H2,1-2H3;4*1H4. The maximum absolute atomic E-state index is 10.1. The first-order chi connectivity index (χ1) is 19.1. The highest BCUT2D eigenvalue weighted by molar-refractivity contribution is 8.77. The molecule has 1 amide bonds. The van der Waals surface area contributed by atoms with Crippen molar-refractivity contribution in [2.75, 3.05) is 23.0 Å². The van der Waals surface area contributed by atoms with Crippen LogP contribution >= 0.6 is 64.8 Å². The molecule has 280 valence electrons. The molecule has 0 saturated carbocycles. The fraction of sp³-hybridized carbons (Fsp3) is 0.853. The molecule has 0 aliphatic rings. The Morgan fingerprint density at radius 2 is 1.29 bits per heavy atom. The molecular weight excluding hydrogens is 677 g/mol. The number of nitrogens with one attached hydrogen (secondary N) is 1. The monoisotopic (exact) mass is 756 g/mol. The summed E-state index contributed by atoms with van der Waals surface area (Å²) in [5, 5.41) is 12.7. The molecule has 0 bridgehead atoms. The van der Waals surface area contributed by atoms with Crippen molar-refractivity contribution < 1.29 is 14.7 Å². The summed E-state index contributed by atoms with van der Waals surface area (Å²) in [6, 6.07) is 0. The van der Waals surface area contributed by atoms with Gasteiger partial charge in [0.15, 0.2) is 0 Å². The number of rotatable bonds is 16. The number of carboxylic acid groups (broad SMARTS) is 1. The zero-order chi connectivity index (χ0) is 33.1. The van der Waals surface area contributed by atoms with Crippen molar-refractivity contribution in [1.29, 1.82) is 0 Å². The van der Waals surface area contributed by atoms with Crippen molar-refractivity contribution in [3.05, 3.63) is 11.6 Å². The predicted molar refractivity (Wildman–Crippen MR) is 232 cm³/mol. The molecule has 0 spiro atoms. The molecule has 1 unspecified atom stereocenters. The lowest BCUT2D eigenvalue weighted by molar-refractivity contribution is -0.131. The van der Waals surface area contributed by atoms with Crippen LogP contribution in [0.5, 0.6) is 0 Å². The molecule has 0 fully saturated rings. The largest absolute Gasteiger partial charge is 0.478 e. The third-order valence-electron chi connectivity index (χ3n) is 4.12. The maximum Gasteiger partial charge on any atom is 0.328 e. The van der Waals surface area contributed by atoms with Crippen LogP contribution in [0.15, 0.2) is 16.8 Å². The van der Waals surface area contributed by atoms with Crippen LogP contribution in [-0.2, 0) is 9.59 Å². The average Bonchev–Trinajstić information content (AvgIpc) is 2.91. The SMILES string of the molecule is C.C.C.C.CC(=O)NN=C(C)C.CCCC(C)=CC(=O)O.CCCSSCC.CCSSC(C)(C)CC.CCSSC(C)CC. The van der Waals surface area contributed by atoms with E-state index < -0.39 is 5.97 Å². The molecule has 5 nitrogen and oxygen atoms in total. The first-order valence-electron chi connectivity index (χ1n) is 14.6. The fourth-order valence-electron chi connectivity index (χ4n) is 1.62. The molecule has 0 radical (unpaired) electrons. The van der Waals surface area contributed by atoms with Crippen LogP contribution < -0.4 is 5.43 Å². The summed E-state index contributed by atoms with van der Waals surface area (Å²) in [7, 11) is 11.8. The molecule has 45 heavy (non-hydrogen) atoms. The third-order valence-corrected chi connectivity index (χ3v) is 13.4. The van der Waals surface area contributed by atoms with E-state index in [9.17, 15) is 9.59 Å². The van der Waals surface area contributed by atoms with Crippen molar-refractivity contribution in [1.82, 2.24) is 5.43 Å². The zero-order valence-corrected chi connectivity index (χ0v) is 33.6. The Labute approximate surface area is 309 Å². The van der Waals surface area contributed by atoms with Crippen LogP contribution in [0.1, 0.15) is 159 Å². The van der Waals surface area contributed by atoms with Crippen LogP contribution in [0, 0.1) is 0 Å². The lowest BCUT2D eigenvalue weighted by Crippen LogP contribution is -2.13. The van der Waals surface area contributed by atoms with Gasteiger partial charge in [-0.2, -0.15) is 5.10 Å². The number of hydrazone groups is 1. The van der Waals surface area contributed by atoms with Gasteiger partial charge in [0, 0.05) is 51.7 Å². The first kappa shape index (κ1) is 67.6. The van der Waals surface area contributed by atoms with E-state index in [1.54, 1.807) is 0 Å². The molecule has 11 heteroatoms. The minimum absolute atomic E-state index is 0. The minimum Gasteiger partial charge on any atom is -0.478 e. The molecule has 0 saturated heterocycles. The highest BCUT2D eigenvalue weighted by atomic mass is 33.1. The topological polar surface area (TPSA) is 78.8 Å². The van der Waals surface area contributed by atoms with Gasteiger partial charge in [-0.05, 0) is 60.3 Å². The quantitative estimate of drug-likeness (QED) is 0.0526. The number of aliphatic carboxylic acids is 1. The Bertz CT molecular complexity index is 627. The van der Waals surface area contributed by atoms with E-state index >= 15 is 0 Å². The lowest BCUT2D eigenvalue weighted by atomic mass is 10.1. The summed E-state index contributed by atoms with van der Waals surface area (Å²) < 4.78 is 0.473. The minimum atomic E-state index is -0.846. The van der Waals surface area contributed by atoms with Gasteiger partial charge in [0.25, 0.3) is 0 Å². The van der Waals surface area contributed by atoms with Crippen molar-refractivity contribution >= 4 is 82.4 Å². The van der Waals surface area contributed by atoms with Crippen LogP contribution in [-0.4, -0.2) is 55.7 Å². The van der Waals surface area contributed by atoms with Gasteiger partial charge in [-0.25, -0.2) is 10.2 Å². The summed E-state index contributed by atoms with van der Waals surface area (Å²) >= 11 is 0. The molecule has 0 aromatic heterocycles. The van der Waals surface area contributed by atoms with Gasteiger partial charge >= 0.3 is 5.97 Å². The number of carbonyl (C=O) groups is 2. The average molecular weight is 757 g/mol. The summed E-state index contributed by atoms with van der Waals surface area (Å²) in [5.74, 6) is 4.01. The fourth-order valence-corrected chi connectivity index (χ4v) is 7.66. The number of hydrogen-bond donors (Lipinski definition) is 2. The first-order valence-corrected chi connectivity index (χ1v) is 21.8. The van der Waals surface area contributed by atoms with Gasteiger partial charge in [0.2, 0.25) is 5.91 Å².